The van der Waals surface area contributed by atoms with Crippen LogP contribution in [0.2, 0.25) is 0 Å². The van der Waals surface area contributed by atoms with Gasteiger partial charge in [0, 0.05) is 23.7 Å². The first kappa shape index (κ1) is 12.8. The average Bonchev–Trinajstić information content (AvgIpc) is 2.88. The first-order valence-electron chi connectivity index (χ1n) is 8.75. The summed E-state index contributed by atoms with van der Waals surface area (Å²) in [7, 11) is 0. The van der Waals surface area contributed by atoms with Gasteiger partial charge in [-0.1, -0.05) is 73.9 Å². The largest absolute Gasteiger partial charge is 0.0909 e. The fourth-order valence-electron chi connectivity index (χ4n) is 5.51. The molecule has 0 heterocycles. The Balaban J connectivity index is 1.67. The van der Waals surface area contributed by atoms with Crippen LogP contribution in [0.1, 0.15) is 0 Å². The molecule has 0 radical (unpaired) electrons. The van der Waals surface area contributed by atoms with E-state index in [-0.39, 0.29) is 0 Å². The van der Waals surface area contributed by atoms with Crippen LogP contribution < -0.4 is 0 Å². The monoisotopic (exact) mass is 306 g/mol. The summed E-state index contributed by atoms with van der Waals surface area (Å²) in [5, 5.41) is 0. The molecule has 24 heavy (non-hydrogen) atoms. The molecule has 0 bridgehead atoms. The van der Waals surface area contributed by atoms with Crippen molar-refractivity contribution in [1.29, 1.82) is 0 Å². The molecule has 0 aromatic heterocycles. The average molecular weight is 306 g/mol. The lowest BCUT2D eigenvalue weighted by molar-refractivity contribution is 0.483. The third kappa shape index (κ3) is 1.29. The fourth-order valence-corrected chi connectivity index (χ4v) is 5.51. The molecule has 2 saturated carbocycles. The number of rotatable bonds is 0. The Bertz CT molecular complexity index is 913. The van der Waals surface area contributed by atoms with E-state index in [1.807, 2.05) is 0 Å². The molecular formula is C24H18. The minimum Gasteiger partial charge on any atom is -0.0909 e. The Morgan fingerprint density at radius 1 is 0.500 bits per heavy atom. The van der Waals surface area contributed by atoms with Crippen molar-refractivity contribution in [3.05, 3.63) is 119 Å². The van der Waals surface area contributed by atoms with Crippen LogP contribution in [0.5, 0.6) is 0 Å². The lowest BCUT2D eigenvalue weighted by Gasteiger charge is -2.47. The molecule has 6 rings (SSSR count). The van der Waals surface area contributed by atoms with Crippen molar-refractivity contribution >= 4 is 0 Å². The second-order valence-corrected chi connectivity index (χ2v) is 7.47. The molecule has 0 aromatic carbocycles. The molecule has 0 atom stereocenters. The molecule has 6 aliphatic carbocycles. The number of hydrogen-bond donors (Lipinski definition) is 0. The van der Waals surface area contributed by atoms with Crippen LogP contribution in [-0.2, 0) is 0 Å². The van der Waals surface area contributed by atoms with Crippen molar-refractivity contribution in [3.8, 4) is 0 Å². The molecule has 0 aliphatic heterocycles. The van der Waals surface area contributed by atoms with Crippen molar-refractivity contribution in [2.45, 2.75) is 0 Å². The minimum atomic E-state index is 0.419. The van der Waals surface area contributed by atoms with E-state index in [0.717, 1.165) is 11.1 Å². The predicted octanol–water partition coefficient (Wildman–Crippen LogP) is 5.32. The highest BCUT2D eigenvalue weighted by molar-refractivity contribution is 5.75. The lowest BCUT2D eigenvalue weighted by Crippen LogP contribution is -2.36. The topological polar surface area (TPSA) is 0 Å². The summed E-state index contributed by atoms with van der Waals surface area (Å²) in [6.45, 7) is 8.61. The normalized spacial score (nSPS) is 36.8. The maximum atomic E-state index is 4.31. The van der Waals surface area contributed by atoms with Crippen LogP contribution in [-0.4, -0.2) is 0 Å². The van der Waals surface area contributed by atoms with Gasteiger partial charge in [0.25, 0.3) is 0 Å². The predicted molar refractivity (Wildman–Crippen MR) is 99.0 cm³/mol. The van der Waals surface area contributed by atoms with E-state index in [1.54, 1.807) is 0 Å². The van der Waals surface area contributed by atoms with Crippen molar-refractivity contribution in [2.24, 2.45) is 23.7 Å². The standard InChI is InChI=1S/C24H18/c1-13-14(2)17-10-12-21-19-8-4-6-15-5-3-7-18(22(15)19)20-11-9-16(13)23(17)24(20)21/h3-12,15,22-24H,1-2H2. The summed E-state index contributed by atoms with van der Waals surface area (Å²) >= 11 is 0. The van der Waals surface area contributed by atoms with E-state index in [9.17, 15) is 0 Å². The third-order valence-corrected chi connectivity index (χ3v) is 6.56. The van der Waals surface area contributed by atoms with Gasteiger partial charge in [-0.3, -0.25) is 0 Å². The summed E-state index contributed by atoms with van der Waals surface area (Å²) in [4.78, 5) is 0. The molecule has 114 valence electrons. The van der Waals surface area contributed by atoms with Gasteiger partial charge in [0.2, 0.25) is 0 Å². The molecule has 0 aromatic rings. The molecule has 0 saturated heterocycles. The van der Waals surface area contributed by atoms with E-state index < -0.39 is 0 Å². The molecular weight excluding hydrogens is 288 g/mol. The number of hydrogen-bond acceptors (Lipinski definition) is 0. The van der Waals surface area contributed by atoms with Crippen LogP contribution in [0.15, 0.2) is 119 Å². The molecule has 0 N–H and O–H groups in total. The smallest absolute Gasteiger partial charge is 0.0211 e. The number of fused-ring (bicyclic) bond motifs is 2. The van der Waals surface area contributed by atoms with Gasteiger partial charge in [0.15, 0.2) is 0 Å². The quantitative estimate of drug-likeness (QED) is 0.568. The SMILES string of the molecule is C=C1C(=C)C2=CC=C3C4=CC=CC5C=CC=C(C6=CC=C1C2C63)C45. The van der Waals surface area contributed by atoms with Crippen molar-refractivity contribution in [3.63, 3.8) is 0 Å². The van der Waals surface area contributed by atoms with Gasteiger partial charge in [-0.2, -0.15) is 0 Å². The lowest BCUT2D eigenvalue weighted by atomic mass is 9.56. The van der Waals surface area contributed by atoms with E-state index in [2.05, 4.69) is 73.9 Å². The van der Waals surface area contributed by atoms with Crippen molar-refractivity contribution in [1.82, 2.24) is 0 Å². The highest BCUT2D eigenvalue weighted by Crippen LogP contribution is 2.61. The molecule has 0 unspecified atom stereocenters. The van der Waals surface area contributed by atoms with E-state index in [1.165, 1.54) is 33.4 Å². The summed E-state index contributed by atoms with van der Waals surface area (Å²) in [5.74, 6) is 1.85. The van der Waals surface area contributed by atoms with E-state index in [0.29, 0.717) is 23.7 Å². The summed E-state index contributed by atoms with van der Waals surface area (Å²) < 4.78 is 0. The van der Waals surface area contributed by atoms with Crippen LogP contribution in [0.4, 0.5) is 0 Å². The minimum absolute atomic E-state index is 0.419. The van der Waals surface area contributed by atoms with Crippen LogP contribution in [0.3, 0.4) is 0 Å². The van der Waals surface area contributed by atoms with Crippen molar-refractivity contribution < 1.29 is 0 Å². The fraction of sp³-hybridized carbons (Fsp3) is 0.167. The molecule has 6 aliphatic rings. The molecule has 0 nitrogen and oxygen atoms in total. The third-order valence-electron chi connectivity index (χ3n) is 6.56. The maximum Gasteiger partial charge on any atom is 0.0211 e. The molecule has 2 fully saturated rings. The Morgan fingerprint density at radius 3 is 1.46 bits per heavy atom. The summed E-state index contributed by atoms with van der Waals surface area (Å²) in [6, 6.07) is 0. The van der Waals surface area contributed by atoms with Gasteiger partial charge in [0.1, 0.15) is 0 Å². The zero-order valence-electron chi connectivity index (χ0n) is 13.5. The Hall–Kier alpha value is -2.60. The Labute approximate surface area is 142 Å². The molecule has 0 amide bonds. The van der Waals surface area contributed by atoms with Gasteiger partial charge >= 0.3 is 0 Å². The maximum absolute atomic E-state index is 4.31. The summed E-state index contributed by atoms with van der Waals surface area (Å²) in [6.07, 6.45) is 23.2. The Morgan fingerprint density at radius 2 is 0.917 bits per heavy atom. The number of allylic oxidation sites excluding steroid dienone is 18. The van der Waals surface area contributed by atoms with Gasteiger partial charge in [0.05, 0.1) is 0 Å². The van der Waals surface area contributed by atoms with Gasteiger partial charge in [-0.15, -0.1) is 0 Å². The van der Waals surface area contributed by atoms with Crippen LogP contribution in [0.25, 0.3) is 0 Å². The first-order chi connectivity index (χ1) is 11.8. The zero-order valence-corrected chi connectivity index (χ0v) is 13.5. The second kappa shape index (κ2) is 4.08. The van der Waals surface area contributed by atoms with Gasteiger partial charge in [-0.25, -0.2) is 0 Å². The van der Waals surface area contributed by atoms with Gasteiger partial charge < -0.3 is 0 Å². The van der Waals surface area contributed by atoms with Crippen molar-refractivity contribution in [2.75, 3.05) is 0 Å². The van der Waals surface area contributed by atoms with Gasteiger partial charge in [-0.05, 0) is 44.6 Å². The highest BCUT2D eigenvalue weighted by atomic mass is 14.5. The zero-order chi connectivity index (χ0) is 16.0. The molecule has 0 heteroatoms. The van der Waals surface area contributed by atoms with E-state index in [4.69, 9.17) is 0 Å². The van der Waals surface area contributed by atoms with E-state index >= 15 is 0 Å². The first-order valence-corrected chi connectivity index (χ1v) is 8.75. The molecule has 0 spiro atoms. The Kier molecular flexibility index (Phi) is 2.17. The highest BCUT2D eigenvalue weighted by Gasteiger charge is 2.50. The summed E-state index contributed by atoms with van der Waals surface area (Å²) in [5.41, 5.74) is 11.1. The van der Waals surface area contributed by atoms with Crippen LogP contribution >= 0.6 is 0 Å². The second-order valence-electron chi connectivity index (χ2n) is 7.47. The van der Waals surface area contributed by atoms with Crippen LogP contribution in [0, 0.1) is 23.7 Å².